The summed E-state index contributed by atoms with van der Waals surface area (Å²) in [5.41, 5.74) is 0.598. The van der Waals surface area contributed by atoms with Crippen LogP contribution >= 0.6 is 11.3 Å². The first-order valence-electron chi connectivity index (χ1n) is 9.94. The molecule has 2 rings (SSSR count). The van der Waals surface area contributed by atoms with Crippen molar-refractivity contribution in [1.82, 2.24) is 9.80 Å². The van der Waals surface area contributed by atoms with Gasteiger partial charge in [-0.25, -0.2) is 0 Å². The van der Waals surface area contributed by atoms with Gasteiger partial charge in [0.05, 0.1) is 13.1 Å². The van der Waals surface area contributed by atoms with E-state index >= 15 is 0 Å². The third-order valence-electron chi connectivity index (χ3n) is 4.53. The van der Waals surface area contributed by atoms with E-state index in [2.05, 4.69) is 6.92 Å². The van der Waals surface area contributed by atoms with Crippen molar-refractivity contribution in [3.8, 4) is 0 Å². The van der Waals surface area contributed by atoms with Gasteiger partial charge in [0.2, 0.25) is 11.8 Å². The van der Waals surface area contributed by atoms with Crippen LogP contribution in [0.15, 0.2) is 47.8 Å². The molecule has 152 valence electrons. The van der Waals surface area contributed by atoms with Crippen LogP contribution in [0.3, 0.4) is 0 Å². The number of hydrogen-bond donors (Lipinski definition) is 0. The maximum Gasteiger partial charge on any atom is 0.242 e. The largest absolute Gasteiger partial charge is 0.333 e. The lowest BCUT2D eigenvalue weighted by molar-refractivity contribution is -0.146. The van der Waals surface area contributed by atoms with Gasteiger partial charge in [-0.1, -0.05) is 70.5 Å². The second-order valence-corrected chi connectivity index (χ2v) is 9.18. The summed E-state index contributed by atoms with van der Waals surface area (Å²) < 4.78 is 0. The summed E-state index contributed by atoms with van der Waals surface area (Å²) in [4.78, 5) is 30.8. The number of nitrogens with zero attached hydrogens (tertiary/aromatic N) is 2. The van der Waals surface area contributed by atoms with Crippen LogP contribution in [0, 0.1) is 5.41 Å². The van der Waals surface area contributed by atoms with E-state index in [1.165, 1.54) is 0 Å². The third-order valence-corrected chi connectivity index (χ3v) is 5.39. The quantitative estimate of drug-likeness (QED) is 0.597. The van der Waals surface area contributed by atoms with E-state index < -0.39 is 5.41 Å². The third kappa shape index (κ3) is 6.79. The van der Waals surface area contributed by atoms with Crippen LogP contribution in [-0.2, 0) is 22.7 Å². The summed E-state index contributed by atoms with van der Waals surface area (Å²) in [5, 5.41) is 2.02. The van der Waals surface area contributed by atoms with Crippen molar-refractivity contribution in [3.63, 3.8) is 0 Å². The second-order valence-electron chi connectivity index (χ2n) is 8.15. The second kappa shape index (κ2) is 10.4. The van der Waals surface area contributed by atoms with Crippen molar-refractivity contribution in [1.29, 1.82) is 0 Å². The predicted molar refractivity (Wildman–Crippen MR) is 116 cm³/mol. The number of unbranched alkanes of at least 4 members (excludes halogenated alkanes) is 1. The zero-order chi connectivity index (χ0) is 20.6. The van der Waals surface area contributed by atoms with Crippen molar-refractivity contribution < 1.29 is 9.59 Å². The zero-order valence-electron chi connectivity index (χ0n) is 17.5. The Balaban J connectivity index is 2.17. The first-order valence-corrected chi connectivity index (χ1v) is 10.8. The molecule has 0 aliphatic rings. The van der Waals surface area contributed by atoms with Gasteiger partial charge in [-0.15, -0.1) is 11.3 Å². The van der Waals surface area contributed by atoms with Gasteiger partial charge in [0.1, 0.15) is 0 Å². The van der Waals surface area contributed by atoms with Gasteiger partial charge in [0, 0.05) is 23.4 Å². The molecule has 0 unspecified atom stereocenters. The Labute approximate surface area is 173 Å². The number of hydrogen-bond acceptors (Lipinski definition) is 3. The Bertz CT molecular complexity index is 736. The van der Waals surface area contributed by atoms with Crippen molar-refractivity contribution in [2.24, 2.45) is 5.41 Å². The van der Waals surface area contributed by atoms with Gasteiger partial charge in [-0.05, 0) is 23.4 Å². The number of amides is 2. The zero-order valence-corrected chi connectivity index (χ0v) is 18.3. The molecule has 0 saturated carbocycles. The van der Waals surface area contributed by atoms with E-state index in [4.69, 9.17) is 0 Å². The molecule has 0 fully saturated rings. The first kappa shape index (κ1) is 22.2. The highest BCUT2D eigenvalue weighted by atomic mass is 32.1. The lowest BCUT2D eigenvalue weighted by Crippen LogP contribution is -2.46. The first-order chi connectivity index (χ1) is 13.3. The molecule has 0 aliphatic carbocycles. The molecule has 1 heterocycles. The molecule has 2 aromatic rings. The normalized spacial score (nSPS) is 11.3. The molecule has 0 spiro atoms. The lowest BCUT2D eigenvalue weighted by Gasteiger charge is -2.31. The standard InChI is InChI=1S/C23H32N2O2S/c1-5-6-14-24(22(27)23(2,3)4)18-21(26)25(17-20-13-10-15-28-20)16-19-11-8-7-9-12-19/h7-13,15H,5-6,14,16-18H2,1-4H3. The molecule has 0 aliphatic heterocycles. The Morgan fingerprint density at radius 2 is 1.68 bits per heavy atom. The van der Waals surface area contributed by atoms with Crippen molar-refractivity contribution in [2.45, 2.75) is 53.6 Å². The van der Waals surface area contributed by atoms with Crippen LogP contribution in [0.5, 0.6) is 0 Å². The molecular weight excluding hydrogens is 368 g/mol. The molecular formula is C23H32N2O2S. The summed E-state index contributed by atoms with van der Waals surface area (Å²) in [6, 6.07) is 14.1. The predicted octanol–water partition coefficient (Wildman–Crippen LogP) is 4.95. The summed E-state index contributed by atoms with van der Waals surface area (Å²) in [6.45, 7) is 9.69. The summed E-state index contributed by atoms with van der Waals surface area (Å²) >= 11 is 1.65. The van der Waals surface area contributed by atoms with Gasteiger partial charge in [0.25, 0.3) is 0 Å². The summed E-state index contributed by atoms with van der Waals surface area (Å²) in [5.74, 6) is 0.0241. The molecule has 4 nitrogen and oxygen atoms in total. The minimum Gasteiger partial charge on any atom is -0.333 e. The van der Waals surface area contributed by atoms with E-state index in [1.54, 1.807) is 16.2 Å². The fourth-order valence-corrected chi connectivity index (χ4v) is 3.69. The lowest BCUT2D eigenvalue weighted by atomic mass is 9.94. The van der Waals surface area contributed by atoms with Crippen LogP contribution in [0.4, 0.5) is 0 Å². The smallest absolute Gasteiger partial charge is 0.242 e. The van der Waals surface area contributed by atoms with Crippen molar-refractivity contribution in [2.75, 3.05) is 13.1 Å². The van der Waals surface area contributed by atoms with Gasteiger partial charge < -0.3 is 9.80 Å². The molecule has 5 heteroatoms. The molecule has 1 aromatic heterocycles. The number of carbonyl (C=O) groups is 2. The average Bonchev–Trinajstić information content (AvgIpc) is 3.17. The maximum absolute atomic E-state index is 13.2. The van der Waals surface area contributed by atoms with Crippen LogP contribution in [0.25, 0.3) is 0 Å². The Kier molecular flexibility index (Phi) is 8.24. The van der Waals surface area contributed by atoms with Gasteiger partial charge in [0.15, 0.2) is 0 Å². The fourth-order valence-electron chi connectivity index (χ4n) is 2.97. The van der Waals surface area contributed by atoms with E-state index in [9.17, 15) is 9.59 Å². The monoisotopic (exact) mass is 400 g/mol. The van der Waals surface area contributed by atoms with Crippen LogP contribution in [-0.4, -0.2) is 34.7 Å². The minimum absolute atomic E-state index is 0.00837. The minimum atomic E-state index is -0.494. The highest BCUT2D eigenvalue weighted by Crippen LogP contribution is 2.19. The Hall–Kier alpha value is -2.14. The van der Waals surface area contributed by atoms with Gasteiger partial charge in [-0.2, -0.15) is 0 Å². The molecule has 28 heavy (non-hydrogen) atoms. The number of carbonyl (C=O) groups excluding carboxylic acids is 2. The van der Waals surface area contributed by atoms with Gasteiger partial charge >= 0.3 is 0 Å². The van der Waals surface area contributed by atoms with Crippen LogP contribution < -0.4 is 0 Å². The van der Waals surface area contributed by atoms with Crippen molar-refractivity contribution in [3.05, 3.63) is 58.3 Å². The molecule has 2 amide bonds. The molecule has 0 atom stereocenters. The topological polar surface area (TPSA) is 40.6 Å². The van der Waals surface area contributed by atoms with Gasteiger partial charge in [-0.3, -0.25) is 9.59 Å². The van der Waals surface area contributed by atoms with E-state index in [0.717, 1.165) is 23.3 Å². The maximum atomic E-state index is 13.2. The van der Waals surface area contributed by atoms with E-state index in [0.29, 0.717) is 19.6 Å². The molecule has 0 saturated heterocycles. The SMILES string of the molecule is CCCCN(CC(=O)N(Cc1ccccc1)Cc1cccs1)C(=O)C(C)(C)C. The number of rotatable bonds is 9. The van der Waals surface area contributed by atoms with E-state index in [1.807, 2.05) is 73.5 Å². The highest BCUT2D eigenvalue weighted by Gasteiger charge is 2.29. The molecule has 0 bridgehead atoms. The number of thiophene rings is 1. The van der Waals surface area contributed by atoms with E-state index in [-0.39, 0.29) is 18.4 Å². The molecule has 1 aromatic carbocycles. The fraction of sp³-hybridized carbons (Fsp3) is 0.478. The molecule has 0 N–H and O–H groups in total. The molecule has 0 radical (unpaired) electrons. The summed E-state index contributed by atoms with van der Waals surface area (Å²) in [7, 11) is 0. The average molecular weight is 401 g/mol. The Morgan fingerprint density at radius 3 is 2.25 bits per heavy atom. The van der Waals surface area contributed by atoms with Crippen molar-refractivity contribution >= 4 is 23.2 Å². The van der Waals surface area contributed by atoms with Crippen LogP contribution in [0.2, 0.25) is 0 Å². The summed E-state index contributed by atoms with van der Waals surface area (Å²) in [6.07, 6.45) is 1.89. The number of benzene rings is 1. The Morgan fingerprint density at radius 1 is 0.964 bits per heavy atom. The van der Waals surface area contributed by atoms with Crippen LogP contribution in [0.1, 0.15) is 51.0 Å². The highest BCUT2D eigenvalue weighted by molar-refractivity contribution is 7.09.